The van der Waals surface area contributed by atoms with E-state index in [0.717, 1.165) is 0 Å². The van der Waals surface area contributed by atoms with Crippen LogP contribution in [-0.4, -0.2) is 18.6 Å². The van der Waals surface area contributed by atoms with Gasteiger partial charge in [-0.2, -0.15) is 0 Å². The normalized spacial score (nSPS) is 11.2. The number of hydrogen-bond donors (Lipinski definition) is 1. The fraction of sp³-hybridized carbons (Fsp3) is 0.571. The molecule has 0 fully saturated rings. The van der Waals surface area contributed by atoms with Gasteiger partial charge >= 0.3 is 5.97 Å². The summed E-state index contributed by atoms with van der Waals surface area (Å²) in [5, 5.41) is 0. The van der Waals surface area contributed by atoms with Crippen LogP contribution in [0, 0.1) is 0 Å². The van der Waals surface area contributed by atoms with Gasteiger partial charge in [-0.25, -0.2) is 4.79 Å². The summed E-state index contributed by atoms with van der Waals surface area (Å²) in [6.07, 6.45) is -0.107. The summed E-state index contributed by atoms with van der Waals surface area (Å²) in [4.78, 5) is 10.8. The van der Waals surface area contributed by atoms with Gasteiger partial charge in [-0.3, -0.25) is 0 Å². The van der Waals surface area contributed by atoms with Gasteiger partial charge in [0.2, 0.25) is 0 Å². The topological polar surface area (TPSA) is 53.9 Å². The molecule has 0 rings (SSSR count). The summed E-state index contributed by atoms with van der Waals surface area (Å²) in [6.45, 7) is 7.47. The third-order valence-electron chi connectivity index (χ3n) is 1.06. The van der Waals surface area contributed by atoms with E-state index in [4.69, 9.17) is 4.74 Å². The molecule has 0 aliphatic heterocycles. The Morgan fingerprint density at radius 3 is 2.45 bits per heavy atom. The number of esters is 1. The lowest BCUT2D eigenvalue weighted by Crippen LogP contribution is -3.00. The van der Waals surface area contributed by atoms with Crippen LogP contribution in [-0.2, 0) is 9.53 Å². The highest BCUT2D eigenvalue weighted by Crippen LogP contribution is 1.95. The van der Waals surface area contributed by atoms with Crippen molar-refractivity contribution in [2.24, 2.45) is 0 Å². The number of rotatable bonds is 3. The van der Waals surface area contributed by atoms with Crippen LogP contribution in [0.1, 0.15) is 13.8 Å². The van der Waals surface area contributed by atoms with Crippen molar-refractivity contribution in [1.29, 1.82) is 0 Å². The molecule has 0 amide bonds. The third kappa shape index (κ3) is 5.88. The fourth-order valence-corrected chi connectivity index (χ4v) is 0.342. The molecule has 0 bridgehead atoms. The Morgan fingerprint density at radius 1 is 1.73 bits per heavy atom. The molecular weight excluding hydrogens is 166 g/mol. The SMILES string of the molecule is C=C(C)C(=O)OC(C)C[NH3+].[Cl-]. The monoisotopic (exact) mass is 179 g/mol. The Morgan fingerprint density at radius 2 is 2.18 bits per heavy atom. The number of carbonyl (C=O) groups excluding carboxylic acids is 1. The molecule has 11 heavy (non-hydrogen) atoms. The van der Waals surface area contributed by atoms with E-state index in [1.165, 1.54) is 0 Å². The minimum Gasteiger partial charge on any atom is -1.00 e. The van der Waals surface area contributed by atoms with Gasteiger partial charge in [0, 0.05) is 5.57 Å². The molecular formula is C7H14ClNO2. The zero-order valence-electron chi connectivity index (χ0n) is 6.89. The van der Waals surface area contributed by atoms with Gasteiger partial charge in [0.05, 0.1) is 0 Å². The van der Waals surface area contributed by atoms with Crippen LogP contribution >= 0.6 is 0 Å². The summed E-state index contributed by atoms with van der Waals surface area (Å²) >= 11 is 0. The second-order valence-corrected chi connectivity index (χ2v) is 2.28. The maximum absolute atomic E-state index is 10.8. The van der Waals surface area contributed by atoms with Gasteiger partial charge in [-0.05, 0) is 13.8 Å². The molecule has 0 heterocycles. The van der Waals surface area contributed by atoms with E-state index in [-0.39, 0.29) is 24.5 Å². The summed E-state index contributed by atoms with van der Waals surface area (Å²) in [7, 11) is 0. The minimum absolute atomic E-state index is 0. The highest BCUT2D eigenvalue weighted by molar-refractivity contribution is 5.87. The molecule has 0 aliphatic carbocycles. The predicted octanol–water partition coefficient (Wildman–Crippen LogP) is -3.26. The lowest BCUT2D eigenvalue weighted by atomic mass is 10.3. The molecule has 0 saturated heterocycles. The van der Waals surface area contributed by atoms with Gasteiger partial charge in [0.25, 0.3) is 0 Å². The average molecular weight is 180 g/mol. The zero-order chi connectivity index (χ0) is 8.15. The average Bonchev–Trinajstić information content (AvgIpc) is 1.87. The van der Waals surface area contributed by atoms with Gasteiger partial charge in [-0.15, -0.1) is 0 Å². The third-order valence-corrected chi connectivity index (χ3v) is 1.06. The quantitative estimate of drug-likeness (QED) is 0.366. The Hall–Kier alpha value is -0.540. The molecule has 0 aromatic heterocycles. The van der Waals surface area contributed by atoms with Crippen LogP contribution in [0.25, 0.3) is 0 Å². The summed E-state index contributed by atoms with van der Waals surface area (Å²) < 4.78 is 4.86. The highest BCUT2D eigenvalue weighted by atomic mass is 35.5. The molecule has 0 saturated carbocycles. The number of ether oxygens (including phenoxy) is 1. The van der Waals surface area contributed by atoms with E-state index in [1.807, 2.05) is 0 Å². The van der Waals surface area contributed by atoms with E-state index in [1.54, 1.807) is 13.8 Å². The highest BCUT2D eigenvalue weighted by Gasteiger charge is 2.08. The van der Waals surface area contributed by atoms with Crippen LogP contribution in [0.3, 0.4) is 0 Å². The first kappa shape index (κ1) is 13.1. The summed E-state index contributed by atoms with van der Waals surface area (Å²) in [5.74, 6) is -0.337. The molecule has 3 nitrogen and oxygen atoms in total. The first-order valence-electron chi connectivity index (χ1n) is 3.23. The smallest absolute Gasteiger partial charge is 0.333 e. The molecule has 0 aliphatic rings. The molecule has 0 spiro atoms. The van der Waals surface area contributed by atoms with Crippen molar-refractivity contribution < 1.29 is 27.7 Å². The lowest BCUT2D eigenvalue weighted by molar-refractivity contribution is -0.382. The minimum atomic E-state index is -0.337. The maximum atomic E-state index is 10.8. The van der Waals surface area contributed by atoms with Crippen LogP contribution in [0.4, 0.5) is 0 Å². The Labute approximate surface area is 73.0 Å². The Bertz CT molecular complexity index is 147. The summed E-state index contributed by atoms with van der Waals surface area (Å²) in [6, 6.07) is 0. The van der Waals surface area contributed by atoms with Crippen LogP contribution in [0.15, 0.2) is 12.2 Å². The van der Waals surface area contributed by atoms with E-state index >= 15 is 0 Å². The van der Waals surface area contributed by atoms with Gasteiger partial charge in [0.15, 0.2) is 0 Å². The van der Waals surface area contributed by atoms with Crippen molar-refractivity contribution in [2.75, 3.05) is 6.54 Å². The second-order valence-electron chi connectivity index (χ2n) is 2.28. The largest absolute Gasteiger partial charge is 1.00 e. The van der Waals surface area contributed by atoms with Crippen molar-refractivity contribution in [3.63, 3.8) is 0 Å². The van der Waals surface area contributed by atoms with Gasteiger partial charge < -0.3 is 22.9 Å². The Kier molecular flexibility index (Phi) is 7.36. The Balaban J connectivity index is 0. The van der Waals surface area contributed by atoms with Crippen molar-refractivity contribution in [1.82, 2.24) is 0 Å². The van der Waals surface area contributed by atoms with Crippen LogP contribution < -0.4 is 18.1 Å². The molecule has 0 radical (unpaired) electrons. The predicted molar refractivity (Wildman–Crippen MR) is 38.1 cm³/mol. The van der Waals surface area contributed by atoms with Crippen molar-refractivity contribution in [2.45, 2.75) is 20.0 Å². The maximum Gasteiger partial charge on any atom is 0.333 e. The van der Waals surface area contributed by atoms with Crippen LogP contribution in [0.2, 0.25) is 0 Å². The molecule has 66 valence electrons. The van der Waals surface area contributed by atoms with E-state index in [2.05, 4.69) is 12.3 Å². The summed E-state index contributed by atoms with van der Waals surface area (Å²) in [5.41, 5.74) is 4.02. The number of halogens is 1. The number of quaternary nitrogens is 1. The second kappa shape index (κ2) is 6.19. The number of carbonyl (C=O) groups is 1. The number of hydrogen-bond acceptors (Lipinski definition) is 2. The molecule has 0 aromatic rings. The van der Waals surface area contributed by atoms with Gasteiger partial charge in [0.1, 0.15) is 12.6 Å². The molecule has 3 N–H and O–H groups in total. The lowest BCUT2D eigenvalue weighted by Gasteiger charge is -2.07. The van der Waals surface area contributed by atoms with Crippen molar-refractivity contribution in [3.05, 3.63) is 12.2 Å². The molecule has 1 atom stereocenters. The van der Waals surface area contributed by atoms with E-state index < -0.39 is 0 Å². The van der Waals surface area contributed by atoms with E-state index in [9.17, 15) is 4.79 Å². The van der Waals surface area contributed by atoms with E-state index in [0.29, 0.717) is 12.1 Å². The van der Waals surface area contributed by atoms with Gasteiger partial charge in [-0.1, -0.05) is 6.58 Å². The van der Waals surface area contributed by atoms with Crippen molar-refractivity contribution in [3.8, 4) is 0 Å². The molecule has 4 heteroatoms. The fourth-order valence-electron chi connectivity index (χ4n) is 0.342. The first-order chi connectivity index (χ1) is 4.57. The standard InChI is InChI=1S/C7H13NO2.ClH/c1-5(2)7(9)10-6(3)4-8;/h6H,1,4,8H2,2-3H3;1H. The van der Waals surface area contributed by atoms with Crippen LogP contribution in [0.5, 0.6) is 0 Å². The molecule has 0 aromatic carbocycles. The zero-order valence-corrected chi connectivity index (χ0v) is 7.65. The van der Waals surface area contributed by atoms with Crippen molar-refractivity contribution >= 4 is 5.97 Å². The molecule has 1 unspecified atom stereocenters. The first-order valence-corrected chi connectivity index (χ1v) is 3.23.